The van der Waals surface area contributed by atoms with Crippen LogP contribution in [0, 0.1) is 18.6 Å². The molecule has 0 fully saturated rings. The number of rotatable bonds is 10. The van der Waals surface area contributed by atoms with Gasteiger partial charge in [-0.2, -0.15) is 4.31 Å². The number of hydrogen-bond acceptors (Lipinski definition) is 4. The highest BCUT2D eigenvalue weighted by Gasteiger charge is 2.32. The molecule has 3 rings (SSSR count). The smallest absolute Gasteiger partial charge is 0.243 e. The van der Waals surface area contributed by atoms with Gasteiger partial charge in [0.2, 0.25) is 15.9 Å². The number of halogens is 2. The van der Waals surface area contributed by atoms with Crippen molar-refractivity contribution < 1.29 is 22.0 Å². The molecule has 1 amide bonds. The molecule has 34 heavy (non-hydrogen) atoms. The van der Waals surface area contributed by atoms with Crippen LogP contribution in [0.5, 0.6) is 0 Å². The van der Waals surface area contributed by atoms with Gasteiger partial charge < -0.3 is 4.90 Å². The summed E-state index contributed by atoms with van der Waals surface area (Å²) in [4.78, 5) is 16.0. The Hall–Kier alpha value is -2.62. The summed E-state index contributed by atoms with van der Waals surface area (Å²) in [7, 11) is -4.03. The maximum absolute atomic E-state index is 13.5. The lowest BCUT2D eigenvalue weighted by atomic mass is 10.2. The maximum Gasteiger partial charge on any atom is 0.243 e. The minimum absolute atomic E-state index is 0.0683. The summed E-state index contributed by atoms with van der Waals surface area (Å²) in [6.07, 6.45) is 0.496. The first-order chi connectivity index (χ1) is 16.1. The molecule has 1 heterocycles. The molecule has 3 aromatic rings. The van der Waals surface area contributed by atoms with E-state index in [1.165, 1.54) is 39.9 Å². The fourth-order valence-electron chi connectivity index (χ4n) is 3.44. The van der Waals surface area contributed by atoms with E-state index in [1.807, 2.05) is 25.3 Å². The Balaban J connectivity index is 1.91. The number of carbonyl (C=O) groups is 1. The number of nitrogens with zero attached hydrogens (tertiary/aromatic N) is 2. The van der Waals surface area contributed by atoms with Gasteiger partial charge in [-0.3, -0.25) is 4.79 Å². The van der Waals surface area contributed by atoms with Gasteiger partial charge in [0.15, 0.2) is 0 Å². The third-order valence-electron chi connectivity index (χ3n) is 5.74. The van der Waals surface area contributed by atoms with Gasteiger partial charge in [-0.25, -0.2) is 17.2 Å². The molecular weight excluding hydrogens is 478 g/mol. The Morgan fingerprint density at radius 2 is 1.56 bits per heavy atom. The van der Waals surface area contributed by atoms with Crippen LogP contribution in [0.1, 0.15) is 36.3 Å². The van der Waals surface area contributed by atoms with Crippen LogP contribution in [0.25, 0.3) is 0 Å². The highest BCUT2D eigenvalue weighted by Crippen LogP contribution is 2.23. The minimum Gasteiger partial charge on any atom is -0.332 e. The molecular formula is C25H28F2N2O3S2. The lowest BCUT2D eigenvalue weighted by Crippen LogP contribution is -2.46. The zero-order valence-corrected chi connectivity index (χ0v) is 21.0. The van der Waals surface area contributed by atoms with E-state index in [4.69, 9.17) is 0 Å². The Labute approximate surface area is 203 Å². The van der Waals surface area contributed by atoms with Gasteiger partial charge >= 0.3 is 0 Å². The average molecular weight is 507 g/mol. The molecule has 182 valence electrons. The molecule has 0 aliphatic heterocycles. The standard InChI is InChI=1S/C25H28F2N2O3S2/c1-4-19(3)29(34(31,32)23-11-9-22(27)10-12-23)17-25(30)28(16-24-18(2)13-14-33-24)15-20-5-7-21(26)8-6-20/h5-14,19H,4,15-17H2,1-3H3. The lowest BCUT2D eigenvalue weighted by Gasteiger charge is -2.30. The summed E-state index contributed by atoms with van der Waals surface area (Å²) in [5.74, 6) is -1.28. The van der Waals surface area contributed by atoms with Gasteiger partial charge in [-0.05, 0) is 79.2 Å². The van der Waals surface area contributed by atoms with Gasteiger partial charge in [0.05, 0.1) is 18.0 Å². The molecule has 5 nitrogen and oxygen atoms in total. The molecule has 1 unspecified atom stereocenters. The first kappa shape index (κ1) is 26.0. The Morgan fingerprint density at radius 3 is 2.09 bits per heavy atom. The summed E-state index contributed by atoms with van der Waals surface area (Å²) in [6, 6.07) is 12.0. The Kier molecular flexibility index (Phi) is 8.57. The van der Waals surface area contributed by atoms with Gasteiger partial charge in [-0.15, -0.1) is 11.3 Å². The number of thiophene rings is 1. The van der Waals surface area contributed by atoms with E-state index in [0.717, 1.165) is 28.1 Å². The average Bonchev–Trinajstić information content (AvgIpc) is 3.22. The second-order valence-electron chi connectivity index (χ2n) is 8.16. The third-order valence-corrected chi connectivity index (χ3v) is 8.72. The second kappa shape index (κ2) is 11.2. The number of carbonyl (C=O) groups excluding carboxylic acids is 1. The summed E-state index contributed by atoms with van der Waals surface area (Å²) in [5.41, 5.74) is 1.78. The molecule has 0 saturated heterocycles. The molecule has 1 aromatic heterocycles. The third kappa shape index (κ3) is 6.28. The second-order valence-corrected chi connectivity index (χ2v) is 11.1. The van der Waals surface area contributed by atoms with Crippen LogP contribution in [0.2, 0.25) is 0 Å². The van der Waals surface area contributed by atoms with Crippen LogP contribution in [0.3, 0.4) is 0 Å². The molecule has 2 aromatic carbocycles. The Morgan fingerprint density at radius 1 is 0.971 bits per heavy atom. The first-order valence-corrected chi connectivity index (χ1v) is 13.3. The fraction of sp³-hybridized carbons (Fsp3) is 0.320. The molecule has 9 heteroatoms. The van der Waals surface area contributed by atoms with Crippen molar-refractivity contribution in [2.24, 2.45) is 0 Å². The number of sulfonamides is 1. The van der Waals surface area contributed by atoms with Gasteiger partial charge in [0.1, 0.15) is 11.6 Å². The number of aryl methyl sites for hydroxylation is 1. The number of hydrogen-bond donors (Lipinski definition) is 0. The van der Waals surface area contributed by atoms with Gasteiger partial charge in [0, 0.05) is 17.5 Å². The molecule has 1 atom stereocenters. The van der Waals surface area contributed by atoms with Gasteiger partial charge in [0.25, 0.3) is 0 Å². The monoisotopic (exact) mass is 506 g/mol. The van der Waals surface area contributed by atoms with E-state index in [0.29, 0.717) is 13.0 Å². The lowest BCUT2D eigenvalue weighted by molar-refractivity contribution is -0.133. The van der Waals surface area contributed by atoms with Crippen molar-refractivity contribution in [1.29, 1.82) is 0 Å². The highest BCUT2D eigenvalue weighted by molar-refractivity contribution is 7.89. The minimum atomic E-state index is -4.03. The largest absolute Gasteiger partial charge is 0.332 e. The maximum atomic E-state index is 13.5. The zero-order chi connectivity index (χ0) is 24.9. The first-order valence-electron chi connectivity index (χ1n) is 10.9. The van der Waals surface area contributed by atoms with Crippen molar-refractivity contribution in [3.05, 3.63) is 87.6 Å². The topological polar surface area (TPSA) is 57.7 Å². The van der Waals surface area contributed by atoms with E-state index in [2.05, 4.69) is 0 Å². The van der Waals surface area contributed by atoms with Crippen LogP contribution < -0.4 is 0 Å². The summed E-state index contributed by atoms with van der Waals surface area (Å²) in [6.45, 7) is 5.69. The number of amides is 1. The Bertz CT molecular complexity index is 1210. The van der Waals surface area contributed by atoms with Gasteiger partial charge in [-0.1, -0.05) is 19.1 Å². The molecule has 0 N–H and O–H groups in total. The molecule has 0 radical (unpaired) electrons. The predicted molar refractivity (Wildman–Crippen MR) is 130 cm³/mol. The molecule has 0 spiro atoms. The van der Waals surface area contributed by atoms with Crippen molar-refractivity contribution in [3.8, 4) is 0 Å². The van der Waals surface area contributed by atoms with Crippen molar-refractivity contribution >= 4 is 27.3 Å². The van der Waals surface area contributed by atoms with Crippen molar-refractivity contribution in [2.75, 3.05) is 6.54 Å². The van der Waals surface area contributed by atoms with E-state index in [9.17, 15) is 22.0 Å². The van der Waals surface area contributed by atoms with Crippen LogP contribution in [0.4, 0.5) is 8.78 Å². The van der Waals surface area contributed by atoms with Crippen molar-refractivity contribution in [3.63, 3.8) is 0 Å². The van der Waals surface area contributed by atoms with Crippen molar-refractivity contribution in [1.82, 2.24) is 9.21 Å². The summed E-state index contributed by atoms with van der Waals surface area (Å²) < 4.78 is 54.6. The normalized spacial score (nSPS) is 12.6. The molecule has 0 saturated carbocycles. The fourth-order valence-corrected chi connectivity index (χ4v) is 6.01. The van der Waals surface area contributed by atoms with E-state index in [-0.39, 0.29) is 29.7 Å². The molecule has 0 aliphatic rings. The van der Waals surface area contributed by atoms with E-state index in [1.54, 1.807) is 24.0 Å². The number of benzene rings is 2. The van der Waals surface area contributed by atoms with E-state index >= 15 is 0 Å². The van der Waals surface area contributed by atoms with Crippen LogP contribution in [-0.2, 0) is 27.9 Å². The zero-order valence-electron chi connectivity index (χ0n) is 19.4. The predicted octanol–water partition coefficient (Wildman–Crippen LogP) is 5.35. The highest BCUT2D eigenvalue weighted by atomic mass is 32.2. The SMILES string of the molecule is CCC(C)N(CC(=O)N(Cc1ccc(F)cc1)Cc1sccc1C)S(=O)(=O)c1ccc(F)cc1. The molecule has 0 aliphatic carbocycles. The van der Waals surface area contributed by atoms with Crippen LogP contribution in [0.15, 0.2) is 64.9 Å². The van der Waals surface area contributed by atoms with Crippen LogP contribution in [-0.4, -0.2) is 36.1 Å². The quantitative estimate of drug-likeness (QED) is 0.372. The van der Waals surface area contributed by atoms with E-state index < -0.39 is 21.9 Å². The van der Waals surface area contributed by atoms with Crippen LogP contribution >= 0.6 is 11.3 Å². The summed E-state index contributed by atoms with van der Waals surface area (Å²) in [5, 5.41) is 1.94. The molecule has 0 bridgehead atoms. The summed E-state index contributed by atoms with van der Waals surface area (Å²) >= 11 is 1.52. The van der Waals surface area contributed by atoms with Crippen molar-refractivity contribution in [2.45, 2.75) is 51.2 Å².